The predicted molar refractivity (Wildman–Crippen MR) is 84.0 cm³/mol. The third-order valence-corrected chi connectivity index (χ3v) is 4.01. The minimum absolute atomic E-state index is 0.251. The van der Waals surface area contributed by atoms with Crippen LogP contribution in [0.1, 0.15) is 11.1 Å². The number of alkyl halides is 8. The lowest BCUT2D eigenvalue weighted by Gasteiger charge is -2.37. The van der Waals surface area contributed by atoms with Crippen molar-refractivity contribution in [2.45, 2.75) is 18.3 Å². The molecule has 162 valence electrons. The fourth-order valence-electron chi connectivity index (χ4n) is 2.59. The van der Waals surface area contributed by atoms with E-state index in [0.29, 0.717) is 0 Å². The third-order valence-electron chi connectivity index (χ3n) is 4.01. The van der Waals surface area contributed by atoms with Gasteiger partial charge >= 0.3 is 12.4 Å². The van der Waals surface area contributed by atoms with Gasteiger partial charge in [0.2, 0.25) is 5.91 Å². The van der Waals surface area contributed by atoms with E-state index in [-0.39, 0.29) is 12.1 Å². The van der Waals surface area contributed by atoms with Gasteiger partial charge in [0.05, 0.1) is 24.2 Å². The number of carbonyl (C=O) groups is 1. The number of likely N-dealkylation sites (tertiary alicyclic amines) is 1. The minimum Gasteiger partial charge on any atom is -0.507 e. The highest BCUT2D eigenvalue weighted by Gasteiger charge is 2.45. The van der Waals surface area contributed by atoms with Crippen LogP contribution in [0, 0.1) is 0 Å². The molecule has 0 bridgehead atoms. The molecule has 0 atom stereocenters. The Morgan fingerprint density at radius 2 is 1.60 bits per heavy atom. The van der Waals surface area contributed by atoms with E-state index in [4.69, 9.17) is 0 Å². The number of rotatable bonds is 3. The highest BCUT2D eigenvalue weighted by Crippen LogP contribution is 2.45. The maximum Gasteiger partial charge on any atom is 0.419 e. The number of nitrogens with zero attached hydrogens (tertiary/aromatic N) is 4. The maximum absolute atomic E-state index is 13.0. The molecule has 1 N–H and O–H groups in total. The van der Waals surface area contributed by atoms with Crippen LogP contribution in [0.25, 0.3) is 17.6 Å². The summed E-state index contributed by atoms with van der Waals surface area (Å²) >= 11 is 0. The molecule has 0 unspecified atom stereocenters. The van der Waals surface area contributed by atoms with Crippen molar-refractivity contribution in [2.75, 3.05) is 13.1 Å². The van der Waals surface area contributed by atoms with Gasteiger partial charge in [-0.2, -0.15) is 26.3 Å². The zero-order valence-electron chi connectivity index (χ0n) is 14.5. The Labute approximate surface area is 162 Å². The predicted octanol–water partition coefficient (Wildman–Crippen LogP) is 3.64. The second-order valence-corrected chi connectivity index (χ2v) is 6.33. The number of carbonyl (C=O) groups excluding carboxylic acids is 1. The minimum atomic E-state index is -5.28. The highest BCUT2D eigenvalue weighted by molar-refractivity contribution is 5.90. The largest absolute Gasteiger partial charge is 0.507 e. The number of phenolic OH excluding ortho intramolecular Hbond substituents is 1. The monoisotopic (exact) mass is 442 g/mol. The quantitative estimate of drug-likeness (QED) is 0.582. The SMILES string of the molecule is O=C(C=Cn1cnc(-c2cc(C(F)(F)F)c(O)c(C(F)(F)F)c2)n1)N1CC(F)(F)C1. The van der Waals surface area contributed by atoms with Crippen molar-refractivity contribution in [1.82, 2.24) is 19.7 Å². The second-order valence-electron chi connectivity index (χ2n) is 6.33. The Bertz CT molecular complexity index is 966. The average molecular weight is 442 g/mol. The molecule has 1 aliphatic rings. The van der Waals surface area contributed by atoms with Crippen molar-refractivity contribution in [1.29, 1.82) is 0 Å². The topological polar surface area (TPSA) is 71.2 Å². The first-order valence-electron chi connectivity index (χ1n) is 7.95. The van der Waals surface area contributed by atoms with Crippen molar-refractivity contribution < 1.29 is 45.0 Å². The van der Waals surface area contributed by atoms with Gasteiger partial charge in [-0.3, -0.25) is 4.79 Å². The molecule has 0 spiro atoms. The molecule has 6 nitrogen and oxygen atoms in total. The van der Waals surface area contributed by atoms with Crippen LogP contribution in [-0.4, -0.2) is 49.7 Å². The van der Waals surface area contributed by atoms with E-state index in [9.17, 15) is 45.0 Å². The Balaban J connectivity index is 1.89. The van der Waals surface area contributed by atoms with Crippen molar-refractivity contribution in [3.05, 3.63) is 35.7 Å². The summed E-state index contributed by atoms with van der Waals surface area (Å²) in [6.07, 6.45) is -7.89. The maximum atomic E-state index is 13.0. The van der Waals surface area contributed by atoms with Gasteiger partial charge in [0.1, 0.15) is 12.1 Å². The summed E-state index contributed by atoms with van der Waals surface area (Å²) in [7, 11) is 0. The van der Waals surface area contributed by atoms with E-state index in [1.54, 1.807) is 0 Å². The van der Waals surface area contributed by atoms with Gasteiger partial charge in [-0.1, -0.05) is 0 Å². The van der Waals surface area contributed by atoms with Gasteiger partial charge in [-0.25, -0.2) is 18.4 Å². The summed E-state index contributed by atoms with van der Waals surface area (Å²) in [5.74, 6) is -6.30. The van der Waals surface area contributed by atoms with Gasteiger partial charge < -0.3 is 10.0 Å². The van der Waals surface area contributed by atoms with Gasteiger partial charge in [0, 0.05) is 17.8 Å². The third kappa shape index (κ3) is 4.36. The summed E-state index contributed by atoms with van der Waals surface area (Å²) in [6.45, 7) is -1.54. The number of halogens is 8. The van der Waals surface area contributed by atoms with Crippen LogP contribution in [0.4, 0.5) is 35.1 Å². The highest BCUT2D eigenvalue weighted by atomic mass is 19.4. The van der Waals surface area contributed by atoms with Crippen LogP contribution in [0.3, 0.4) is 0 Å². The number of phenols is 1. The molecule has 2 aromatic rings. The van der Waals surface area contributed by atoms with E-state index < -0.39 is 65.5 Å². The molecule has 3 rings (SSSR count). The van der Waals surface area contributed by atoms with Crippen LogP contribution < -0.4 is 0 Å². The van der Waals surface area contributed by atoms with Crippen LogP contribution in [0.2, 0.25) is 0 Å². The van der Waals surface area contributed by atoms with Crippen LogP contribution >= 0.6 is 0 Å². The molecule has 1 aromatic carbocycles. The molecular formula is C16H10F8N4O2. The molecule has 30 heavy (non-hydrogen) atoms. The van der Waals surface area contributed by atoms with Crippen molar-refractivity contribution >= 4 is 12.1 Å². The smallest absolute Gasteiger partial charge is 0.419 e. The Kier molecular flexibility index (Phi) is 4.99. The lowest BCUT2D eigenvalue weighted by atomic mass is 10.0. The lowest BCUT2D eigenvalue weighted by Crippen LogP contribution is -2.58. The van der Waals surface area contributed by atoms with E-state index in [1.807, 2.05) is 0 Å². The van der Waals surface area contributed by atoms with E-state index in [0.717, 1.165) is 28.2 Å². The van der Waals surface area contributed by atoms with E-state index in [1.165, 1.54) is 0 Å². The first-order valence-corrected chi connectivity index (χ1v) is 7.95. The van der Waals surface area contributed by atoms with Gasteiger partial charge in [0.25, 0.3) is 5.92 Å². The van der Waals surface area contributed by atoms with Crippen molar-refractivity contribution in [2.24, 2.45) is 0 Å². The fourth-order valence-corrected chi connectivity index (χ4v) is 2.59. The van der Waals surface area contributed by atoms with Crippen LogP contribution in [-0.2, 0) is 17.1 Å². The molecule has 1 saturated heterocycles. The van der Waals surface area contributed by atoms with E-state index >= 15 is 0 Å². The second kappa shape index (κ2) is 6.95. The number of aromatic nitrogens is 3. The number of hydrogen-bond acceptors (Lipinski definition) is 4. The van der Waals surface area contributed by atoms with Gasteiger partial charge in [-0.15, -0.1) is 5.10 Å². The summed E-state index contributed by atoms with van der Waals surface area (Å²) < 4.78 is 104. The number of benzene rings is 1. The summed E-state index contributed by atoms with van der Waals surface area (Å²) in [5.41, 5.74) is -4.53. The normalized spacial score (nSPS) is 16.7. The lowest BCUT2D eigenvalue weighted by molar-refractivity contribution is -0.160. The Morgan fingerprint density at radius 3 is 2.07 bits per heavy atom. The molecule has 0 aliphatic carbocycles. The standard InChI is InChI=1S/C16H10F8N4O2/c17-14(18)5-27(6-14)11(29)1-2-28-7-25-13(26-28)8-3-9(15(19,20)21)12(30)10(4-8)16(22,23)24/h1-4,7,30H,5-6H2. The molecule has 0 radical (unpaired) electrons. The van der Waals surface area contributed by atoms with Crippen LogP contribution in [0.15, 0.2) is 24.5 Å². The first kappa shape index (κ1) is 21.5. The molecular weight excluding hydrogens is 432 g/mol. The number of hydrogen-bond donors (Lipinski definition) is 1. The zero-order chi connectivity index (χ0) is 22.5. The molecule has 1 aromatic heterocycles. The molecule has 0 saturated carbocycles. The summed E-state index contributed by atoms with van der Waals surface area (Å²) in [4.78, 5) is 16.1. The molecule has 14 heteroatoms. The number of aromatic hydroxyl groups is 1. The zero-order valence-corrected chi connectivity index (χ0v) is 14.5. The Hall–Kier alpha value is -3.19. The summed E-state index contributed by atoms with van der Waals surface area (Å²) in [5, 5.41) is 13.1. The fraction of sp³-hybridized carbons (Fsp3) is 0.312. The Morgan fingerprint density at radius 1 is 1.07 bits per heavy atom. The average Bonchev–Trinajstić information content (AvgIpc) is 3.04. The number of amides is 1. The van der Waals surface area contributed by atoms with E-state index in [2.05, 4.69) is 10.1 Å². The van der Waals surface area contributed by atoms with Gasteiger partial charge in [0.15, 0.2) is 5.82 Å². The molecule has 1 aliphatic heterocycles. The van der Waals surface area contributed by atoms with Crippen molar-refractivity contribution in [3.63, 3.8) is 0 Å². The summed E-state index contributed by atoms with van der Waals surface area (Å²) in [6, 6.07) is 0.503. The van der Waals surface area contributed by atoms with Gasteiger partial charge in [-0.05, 0) is 12.1 Å². The first-order chi connectivity index (χ1) is 13.7. The molecule has 1 fully saturated rings. The molecule has 1 amide bonds. The molecule has 2 heterocycles. The van der Waals surface area contributed by atoms with Crippen molar-refractivity contribution in [3.8, 4) is 17.1 Å². The van der Waals surface area contributed by atoms with Crippen LogP contribution in [0.5, 0.6) is 5.75 Å².